The van der Waals surface area contributed by atoms with Crippen LogP contribution in [0.2, 0.25) is 0 Å². The summed E-state index contributed by atoms with van der Waals surface area (Å²) in [5.41, 5.74) is 6.80. The van der Waals surface area contributed by atoms with E-state index in [0.717, 1.165) is 18.4 Å². The zero-order valence-electron chi connectivity index (χ0n) is 21.1. The smallest absolute Gasteiger partial charge is 0.315 e. The van der Waals surface area contributed by atoms with E-state index in [-0.39, 0.29) is 12.1 Å². The Morgan fingerprint density at radius 2 is 1.42 bits per heavy atom. The van der Waals surface area contributed by atoms with Crippen molar-refractivity contribution in [2.75, 3.05) is 0 Å². The van der Waals surface area contributed by atoms with Gasteiger partial charge in [0.25, 0.3) is 0 Å². The molecule has 2 amide bonds. The second kappa shape index (κ2) is 13.4. The molecule has 1 fully saturated rings. The van der Waals surface area contributed by atoms with Gasteiger partial charge in [-0.1, -0.05) is 95.3 Å². The van der Waals surface area contributed by atoms with Gasteiger partial charge in [-0.15, -0.1) is 0 Å². The molecule has 0 saturated heterocycles. The summed E-state index contributed by atoms with van der Waals surface area (Å²) >= 11 is 0. The Balaban J connectivity index is 0.000000541. The summed E-state index contributed by atoms with van der Waals surface area (Å²) in [6, 6.07) is 15.4. The van der Waals surface area contributed by atoms with Crippen LogP contribution in [0.5, 0.6) is 0 Å². The van der Waals surface area contributed by atoms with Crippen LogP contribution in [0.25, 0.3) is 0 Å². The number of urea groups is 1. The molecule has 4 rings (SSSR count). The number of carbonyl (C=O) groups is 1. The Morgan fingerprint density at radius 3 is 2.03 bits per heavy atom. The lowest BCUT2D eigenvalue weighted by Crippen LogP contribution is -2.43. The van der Waals surface area contributed by atoms with Crippen molar-refractivity contribution in [1.82, 2.24) is 10.6 Å². The van der Waals surface area contributed by atoms with E-state index in [4.69, 9.17) is 0 Å². The van der Waals surface area contributed by atoms with Crippen LogP contribution in [0.1, 0.15) is 106 Å². The molecule has 180 valence electrons. The van der Waals surface area contributed by atoms with Gasteiger partial charge in [-0.25, -0.2) is 4.79 Å². The first-order chi connectivity index (χ1) is 16.1. The second-order valence-corrected chi connectivity index (χ2v) is 9.80. The predicted molar refractivity (Wildman–Crippen MR) is 140 cm³/mol. The number of hydrogen-bond acceptors (Lipinski definition) is 1. The minimum atomic E-state index is -0.0868. The molecular formula is C30H44N2O. The summed E-state index contributed by atoms with van der Waals surface area (Å²) in [5.74, 6) is 0.298. The number of hydrogen-bond donors (Lipinski definition) is 2. The van der Waals surface area contributed by atoms with E-state index in [0.29, 0.717) is 12.5 Å². The monoisotopic (exact) mass is 448 g/mol. The Labute approximate surface area is 201 Å². The van der Waals surface area contributed by atoms with Crippen molar-refractivity contribution in [3.63, 3.8) is 0 Å². The van der Waals surface area contributed by atoms with Crippen LogP contribution in [0.3, 0.4) is 0 Å². The fraction of sp³-hybridized carbons (Fsp3) is 0.567. The van der Waals surface area contributed by atoms with Gasteiger partial charge in [0.05, 0.1) is 0 Å². The average molecular weight is 449 g/mol. The number of rotatable bonds is 7. The molecule has 0 radical (unpaired) electrons. The summed E-state index contributed by atoms with van der Waals surface area (Å²) in [7, 11) is 0. The van der Waals surface area contributed by atoms with Crippen molar-refractivity contribution >= 4 is 6.03 Å². The standard InChI is InChI=1S/C25H34N2O.C5H10/c1-4-19-10-12-20(13-11-19)17-26-25(28)27-24(5-2)18(3)22-15-14-21-8-6-7-9-23(21)16-22;1-2-4-5-3-1/h10-16,18,24H,4-9,17H2,1-3H3,(H2,26,27,28);1-5H2. The zero-order chi connectivity index (χ0) is 23.5. The highest BCUT2D eigenvalue weighted by Gasteiger charge is 2.21. The molecule has 2 aromatic rings. The third-order valence-corrected chi connectivity index (χ3v) is 7.39. The third kappa shape index (κ3) is 7.91. The Hall–Kier alpha value is -2.29. The van der Waals surface area contributed by atoms with Gasteiger partial charge < -0.3 is 10.6 Å². The normalized spacial score (nSPS) is 16.7. The molecule has 2 aliphatic rings. The Morgan fingerprint density at radius 1 is 0.818 bits per heavy atom. The summed E-state index contributed by atoms with van der Waals surface area (Å²) in [5, 5.41) is 6.20. The summed E-state index contributed by atoms with van der Waals surface area (Å²) in [6.07, 6.45) is 14.5. The number of benzene rings is 2. The maximum Gasteiger partial charge on any atom is 0.315 e. The van der Waals surface area contributed by atoms with Crippen LogP contribution >= 0.6 is 0 Å². The minimum Gasteiger partial charge on any atom is -0.335 e. The van der Waals surface area contributed by atoms with Crippen molar-refractivity contribution in [2.24, 2.45) is 0 Å². The molecule has 2 aromatic carbocycles. The van der Waals surface area contributed by atoms with Crippen LogP contribution in [0.15, 0.2) is 42.5 Å². The van der Waals surface area contributed by atoms with Gasteiger partial charge in [0.15, 0.2) is 0 Å². The lowest BCUT2D eigenvalue weighted by atomic mass is 9.85. The van der Waals surface area contributed by atoms with Crippen LogP contribution in [0, 0.1) is 0 Å². The Kier molecular flexibility index (Phi) is 10.3. The lowest BCUT2D eigenvalue weighted by Gasteiger charge is -2.26. The van der Waals surface area contributed by atoms with Gasteiger partial charge in [-0.3, -0.25) is 0 Å². The SMILES string of the molecule is C1CCCC1.CCc1ccc(CNC(=O)NC(CC)C(C)c2ccc3c(c2)CCCC3)cc1. The highest BCUT2D eigenvalue weighted by atomic mass is 16.2. The van der Waals surface area contributed by atoms with Crippen LogP contribution in [-0.2, 0) is 25.8 Å². The molecule has 0 spiro atoms. The number of amides is 2. The maximum absolute atomic E-state index is 12.5. The van der Waals surface area contributed by atoms with Crippen molar-refractivity contribution in [3.8, 4) is 0 Å². The lowest BCUT2D eigenvalue weighted by molar-refractivity contribution is 0.234. The largest absolute Gasteiger partial charge is 0.335 e. The molecule has 3 heteroatoms. The van der Waals surface area contributed by atoms with Crippen LogP contribution in [-0.4, -0.2) is 12.1 Å². The van der Waals surface area contributed by atoms with Gasteiger partial charge >= 0.3 is 6.03 Å². The van der Waals surface area contributed by atoms with Gasteiger partial charge in [0.1, 0.15) is 0 Å². The van der Waals surface area contributed by atoms with Crippen molar-refractivity contribution in [3.05, 3.63) is 70.3 Å². The van der Waals surface area contributed by atoms with Gasteiger partial charge in [0.2, 0.25) is 0 Å². The third-order valence-electron chi connectivity index (χ3n) is 7.39. The highest BCUT2D eigenvalue weighted by Crippen LogP contribution is 2.28. The Bertz CT molecular complexity index is 846. The van der Waals surface area contributed by atoms with E-state index in [2.05, 4.69) is 73.9 Å². The molecule has 0 bridgehead atoms. The molecule has 0 aromatic heterocycles. The van der Waals surface area contributed by atoms with E-state index < -0.39 is 0 Å². The quantitative estimate of drug-likeness (QED) is 0.453. The van der Waals surface area contributed by atoms with Gasteiger partial charge in [-0.05, 0) is 66.3 Å². The van der Waals surface area contributed by atoms with E-state index in [1.807, 2.05) is 0 Å². The number of nitrogens with one attached hydrogen (secondary N) is 2. The summed E-state index contributed by atoms with van der Waals surface area (Å²) in [6.45, 7) is 7.07. The maximum atomic E-state index is 12.5. The summed E-state index contributed by atoms with van der Waals surface area (Å²) in [4.78, 5) is 12.5. The minimum absolute atomic E-state index is 0.0868. The first-order valence-corrected chi connectivity index (χ1v) is 13.3. The highest BCUT2D eigenvalue weighted by molar-refractivity contribution is 5.74. The number of aryl methyl sites for hydroxylation is 3. The van der Waals surface area contributed by atoms with Gasteiger partial charge in [0, 0.05) is 18.5 Å². The van der Waals surface area contributed by atoms with Gasteiger partial charge in [-0.2, -0.15) is 0 Å². The molecule has 0 heterocycles. The van der Waals surface area contributed by atoms with Crippen LogP contribution in [0.4, 0.5) is 4.79 Å². The number of fused-ring (bicyclic) bond motifs is 1. The molecule has 2 N–H and O–H groups in total. The van der Waals surface area contributed by atoms with Crippen molar-refractivity contribution in [2.45, 2.75) is 110 Å². The molecular weight excluding hydrogens is 404 g/mol. The number of carbonyl (C=O) groups excluding carboxylic acids is 1. The average Bonchev–Trinajstić information content (AvgIpc) is 3.46. The molecule has 2 unspecified atom stereocenters. The molecule has 1 saturated carbocycles. The topological polar surface area (TPSA) is 41.1 Å². The first kappa shape index (κ1) is 25.3. The fourth-order valence-electron chi connectivity index (χ4n) is 5.03. The van der Waals surface area contributed by atoms with Crippen LogP contribution < -0.4 is 10.6 Å². The molecule has 2 aliphatic carbocycles. The van der Waals surface area contributed by atoms with Crippen molar-refractivity contribution in [1.29, 1.82) is 0 Å². The van der Waals surface area contributed by atoms with E-state index in [1.165, 1.54) is 80.0 Å². The fourth-order valence-corrected chi connectivity index (χ4v) is 5.03. The van der Waals surface area contributed by atoms with E-state index in [9.17, 15) is 4.79 Å². The van der Waals surface area contributed by atoms with E-state index in [1.54, 1.807) is 0 Å². The zero-order valence-corrected chi connectivity index (χ0v) is 21.1. The molecule has 3 nitrogen and oxygen atoms in total. The molecule has 2 atom stereocenters. The second-order valence-electron chi connectivity index (χ2n) is 9.80. The molecule has 33 heavy (non-hydrogen) atoms. The first-order valence-electron chi connectivity index (χ1n) is 13.3. The predicted octanol–water partition coefficient (Wildman–Crippen LogP) is 7.46. The van der Waals surface area contributed by atoms with Crippen molar-refractivity contribution < 1.29 is 4.79 Å². The van der Waals surface area contributed by atoms with E-state index >= 15 is 0 Å². The summed E-state index contributed by atoms with van der Waals surface area (Å²) < 4.78 is 0. The molecule has 0 aliphatic heterocycles.